The van der Waals surface area contributed by atoms with Gasteiger partial charge in [0.25, 0.3) is 0 Å². The van der Waals surface area contributed by atoms with Crippen molar-refractivity contribution in [2.24, 2.45) is 0 Å². The fourth-order valence-corrected chi connectivity index (χ4v) is 30.1. The summed E-state index contributed by atoms with van der Waals surface area (Å²) in [6.07, 6.45) is 7.62. The van der Waals surface area contributed by atoms with Crippen molar-refractivity contribution in [3.05, 3.63) is 636 Å². The number of fused-ring (bicyclic) bond motifs is 19. The van der Waals surface area contributed by atoms with E-state index in [1.54, 1.807) is 0 Å². The van der Waals surface area contributed by atoms with Crippen LogP contribution in [0.1, 0.15) is 89.0 Å². The zero-order valence-corrected chi connectivity index (χ0v) is 88.6. The molecular formula is C132H86Ir4N8Si-4. The molecule has 13 heteroatoms. The van der Waals surface area contributed by atoms with E-state index in [9.17, 15) is 0 Å². The van der Waals surface area contributed by atoms with Crippen LogP contribution in [0.15, 0.2) is 522 Å². The van der Waals surface area contributed by atoms with Gasteiger partial charge in [-0.2, -0.15) is 97.1 Å². The molecule has 5 aliphatic rings. The van der Waals surface area contributed by atoms with Gasteiger partial charge in [-0.05, 0) is 129 Å². The van der Waals surface area contributed by atoms with Gasteiger partial charge >= 0.3 is 0 Å². The van der Waals surface area contributed by atoms with Gasteiger partial charge in [0.15, 0.2) is 8.07 Å². The zero-order chi connectivity index (χ0) is 93.2. The average Bonchev–Trinajstić information content (AvgIpc) is 1.57. The molecule has 0 saturated carbocycles. The van der Waals surface area contributed by atoms with E-state index < -0.39 is 29.7 Å². The molecule has 0 aliphatic carbocycles. The van der Waals surface area contributed by atoms with Crippen LogP contribution in [0.25, 0.3) is 82.9 Å². The largest absolute Gasteiger partial charge is 0.319 e. The van der Waals surface area contributed by atoms with Gasteiger partial charge in [-0.25, -0.2) is 19.9 Å². The number of pyridine rings is 4. The molecule has 145 heavy (non-hydrogen) atoms. The maximum absolute atomic E-state index is 5.19. The Morgan fingerprint density at radius 1 is 0.200 bits per heavy atom. The third kappa shape index (κ3) is 13.6. The van der Waals surface area contributed by atoms with Crippen LogP contribution in [0.4, 0.5) is 17.2 Å². The van der Waals surface area contributed by atoms with Crippen LogP contribution in [0, 0.1) is 24.3 Å². The number of nitrogens with zero attached hydrogens (tertiary/aromatic N) is 8. The van der Waals surface area contributed by atoms with Crippen molar-refractivity contribution in [3.8, 4) is 17.3 Å². The van der Waals surface area contributed by atoms with Crippen molar-refractivity contribution in [2.75, 3.05) is 4.90 Å². The Balaban J connectivity index is 0.000000107. The minimum Gasteiger partial charge on any atom is -0.319 e. The first-order chi connectivity index (χ1) is 70.1. The molecule has 0 N–H and O–H groups in total. The molecule has 0 spiro atoms. The maximum atomic E-state index is 5.19. The summed E-state index contributed by atoms with van der Waals surface area (Å²) in [5.41, 5.74) is 27.7. The second kappa shape index (κ2) is 38.0. The van der Waals surface area contributed by atoms with E-state index in [0.717, 1.165) is 51.1 Å². The van der Waals surface area contributed by atoms with Crippen LogP contribution >= 0.6 is 0 Å². The van der Waals surface area contributed by atoms with E-state index in [0.29, 0.717) is 0 Å². The standard InChI is InChI=1S/C43H29N2.2C30H19N2.C29H19N2Si.4Ir/c1-5-17-31(18-6-1)42(32-19-7-2-8-20-32)35-25-13-14-29-39(35)45-40-36(42)26-15-27-37(40)43(33-21-9-3-10-22-33,34-23-11-4-12-24-34)38-28-16-30-44-41(38)45;1-3-11-21(12-4-1)30(22-13-5-2-6-14-22)25-17-7-8-19-27(25)32-28-23(15-9-18-26(28)30)24-16-10-20-31-29(24)32;1-3-11-21(12-4-1)30(22-13-5-2-6-14-22)25-17-9-16-24-23-15-7-8-19-27(23)32(28(24)25)29-26(30)18-10-20-31-29;1-3-11-21(12-4-1)32(22-13-5-2-6-14-22)26-18-9-16-24-23-15-7-8-17-25(23)31(28(24)26)29-27(32)19-10-20-30-29;;;;/h1-28,30H;2*1-18,20H;1-16,18-20H;;;;/q4*-1;;;;. The zero-order valence-electron chi connectivity index (χ0n) is 78.1. The van der Waals surface area contributed by atoms with E-state index in [1.807, 2.05) is 55.1 Å². The first-order valence-corrected chi connectivity index (χ1v) is 50.2. The minimum absolute atomic E-state index is 0. The molecule has 18 aromatic carbocycles. The number of hydrogen-bond acceptors (Lipinski definition) is 5. The van der Waals surface area contributed by atoms with Crippen molar-refractivity contribution in [1.82, 2.24) is 33.6 Å². The summed E-state index contributed by atoms with van der Waals surface area (Å²) in [6.45, 7) is 0. The second-order valence-electron chi connectivity index (χ2n) is 36.8. The van der Waals surface area contributed by atoms with Crippen LogP contribution in [0.5, 0.6) is 0 Å². The van der Waals surface area contributed by atoms with Crippen LogP contribution in [0.2, 0.25) is 0 Å². The fraction of sp³-hybridized carbons (Fsp3) is 0.0303. The summed E-state index contributed by atoms with van der Waals surface area (Å²) in [4.78, 5) is 22.3. The van der Waals surface area contributed by atoms with Gasteiger partial charge in [0, 0.05) is 149 Å². The average molecular weight is 2580 g/mol. The number of rotatable bonds is 10. The molecule has 12 heterocycles. The van der Waals surface area contributed by atoms with Gasteiger partial charge in [-0.3, -0.25) is 0 Å². The molecule has 0 unspecified atom stereocenters. The molecule has 698 valence electrons. The Labute approximate surface area is 896 Å². The Morgan fingerprint density at radius 3 is 0.959 bits per heavy atom. The van der Waals surface area contributed by atoms with Crippen molar-refractivity contribution in [3.63, 3.8) is 0 Å². The monoisotopic (exact) mass is 2580 g/mol. The summed E-state index contributed by atoms with van der Waals surface area (Å²) < 4.78 is 6.95. The molecule has 30 rings (SSSR count). The number of benzene rings is 18. The Bertz CT molecular complexity index is 8200. The normalized spacial score (nSPS) is 13.8. The molecule has 5 aliphatic heterocycles. The SMILES string of the molecule is [Ir].[Ir].[Ir].[Ir].[c-]1cccc2c1-n1c3ncccc3c3cccc(c31)C2(c1ccccc1)c1ccccc1.[c-]1cccc2c1N1c3ncccc3C(c3ccccc3)(c3ccccc3)c3cccc(c31)C2(c1ccccc1)c1ccccc1.[c-]1cccc2c3cccc4c3n(c12)-c1ncccc1C4(c1ccccc1)c1ccccc1.[c-]1cccc2c3cccc4c3n(c12)-c1ncccc1[Si]4(c1ccccc1)c1ccccc1. The van der Waals surface area contributed by atoms with Crippen LogP contribution < -0.4 is 25.6 Å². The number of hydrogen-bond donors (Lipinski definition) is 0. The molecule has 8 nitrogen and oxygen atoms in total. The van der Waals surface area contributed by atoms with Crippen molar-refractivity contribution in [1.29, 1.82) is 0 Å². The van der Waals surface area contributed by atoms with E-state index in [2.05, 4.69) is 510 Å². The van der Waals surface area contributed by atoms with Crippen molar-refractivity contribution in [2.45, 2.75) is 21.7 Å². The molecular weight excluding hydrogens is 2490 g/mol. The number of anilines is 3. The predicted octanol–water partition coefficient (Wildman–Crippen LogP) is 26.8. The molecule has 0 amide bonds. The quantitative estimate of drug-likeness (QED) is 0.101. The van der Waals surface area contributed by atoms with Gasteiger partial charge in [0.05, 0.1) is 22.0 Å². The molecule has 0 bridgehead atoms. The van der Waals surface area contributed by atoms with E-state index in [1.165, 1.54) is 159 Å². The molecule has 7 aromatic heterocycles. The van der Waals surface area contributed by atoms with Gasteiger partial charge in [0.2, 0.25) is 0 Å². The third-order valence-electron chi connectivity index (χ3n) is 30.2. The molecule has 25 aromatic rings. The summed E-state index contributed by atoms with van der Waals surface area (Å²) in [5.74, 6) is 2.94. The Morgan fingerprint density at radius 2 is 0.490 bits per heavy atom. The predicted molar refractivity (Wildman–Crippen MR) is 575 cm³/mol. The third-order valence-corrected chi connectivity index (χ3v) is 35.1. The molecule has 0 atom stereocenters. The van der Waals surface area contributed by atoms with Crippen molar-refractivity contribution < 1.29 is 80.4 Å². The maximum Gasteiger partial charge on any atom is 0.186 e. The Kier molecular flexibility index (Phi) is 24.5. The number of aromatic nitrogens is 7. The second-order valence-corrected chi connectivity index (χ2v) is 40.5. The topological polar surface area (TPSA) is 69.6 Å². The molecule has 4 radical (unpaired) electrons. The van der Waals surface area contributed by atoms with Crippen LogP contribution in [0.3, 0.4) is 0 Å². The summed E-state index contributed by atoms with van der Waals surface area (Å²) in [5, 5.41) is 12.8. The van der Waals surface area contributed by atoms with Gasteiger partial charge in [-0.1, -0.05) is 417 Å². The van der Waals surface area contributed by atoms with Gasteiger partial charge < -0.3 is 18.6 Å². The minimum atomic E-state index is -2.57. The fourth-order valence-electron chi connectivity index (χ4n) is 25.0. The van der Waals surface area contributed by atoms with E-state index in [4.69, 9.17) is 19.9 Å². The molecule has 0 fully saturated rings. The first kappa shape index (κ1) is 93.2. The summed E-state index contributed by atoms with van der Waals surface area (Å²) in [7, 11) is -2.57. The number of para-hydroxylation sites is 8. The Hall–Kier alpha value is -15.4. The van der Waals surface area contributed by atoms with Crippen molar-refractivity contribution >= 4 is 112 Å². The van der Waals surface area contributed by atoms with Crippen LogP contribution in [-0.4, -0.2) is 41.7 Å². The van der Waals surface area contributed by atoms with Crippen LogP contribution in [-0.2, 0) is 102 Å². The summed E-state index contributed by atoms with van der Waals surface area (Å²) in [6, 6.07) is 193. The van der Waals surface area contributed by atoms with Gasteiger partial charge in [-0.15, -0.1) is 21.9 Å². The summed E-state index contributed by atoms with van der Waals surface area (Å²) >= 11 is 0. The molecule has 0 saturated heterocycles. The smallest absolute Gasteiger partial charge is 0.186 e. The van der Waals surface area contributed by atoms with E-state index in [-0.39, 0.29) is 80.4 Å². The van der Waals surface area contributed by atoms with Gasteiger partial charge in [0.1, 0.15) is 23.1 Å². The first-order valence-electron chi connectivity index (χ1n) is 48.2. The van der Waals surface area contributed by atoms with E-state index >= 15 is 0 Å².